The van der Waals surface area contributed by atoms with Crippen molar-refractivity contribution in [2.24, 2.45) is 0 Å². The first-order chi connectivity index (χ1) is 17.9. The van der Waals surface area contributed by atoms with Crippen molar-refractivity contribution in [3.63, 3.8) is 0 Å². The summed E-state index contributed by atoms with van der Waals surface area (Å²) in [5.41, 5.74) is 1.41. The van der Waals surface area contributed by atoms with Crippen molar-refractivity contribution in [2.45, 2.75) is 13.0 Å². The number of aromatic hydroxyl groups is 1. The number of ether oxygens (including phenoxy) is 1. The molecular formula is C30H23NO6. The number of benzene rings is 4. The molecule has 1 aliphatic heterocycles. The summed E-state index contributed by atoms with van der Waals surface area (Å²) in [6.45, 7) is 1.93. The number of Topliss-reactive ketones (excluding diaryl/α,β-unsaturated/α-hetero) is 1. The molecule has 4 aromatic rings. The molecule has 2 N–H and O–H groups in total. The van der Waals surface area contributed by atoms with Crippen LogP contribution in [-0.4, -0.2) is 34.5 Å². The fourth-order valence-electron chi connectivity index (χ4n) is 4.66. The lowest BCUT2D eigenvalue weighted by Gasteiger charge is -2.25. The Morgan fingerprint density at radius 1 is 0.919 bits per heavy atom. The number of hydrogen-bond donors (Lipinski definition) is 2. The Morgan fingerprint density at radius 2 is 1.62 bits per heavy atom. The van der Waals surface area contributed by atoms with Crippen molar-refractivity contribution >= 4 is 39.9 Å². The summed E-state index contributed by atoms with van der Waals surface area (Å²) in [6.07, 6.45) is 0. The van der Waals surface area contributed by atoms with Gasteiger partial charge < -0.3 is 14.9 Å². The fraction of sp³-hybridized carbons (Fsp3) is 0.100. The number of carbonyl (C=O) groups excluding carboxylic acids is 3. The summed E-state index contributed by atoms with van der Waals surface area (Å²) >= 11 is 0. The second-order valence-corrected chi connectivity index (χ2v) is 8.56. The van der Waals surface area contributed by atoms with Gasteiger partial charge in [0.1, 0.15) is 11.5 Å². The number of anilines is 1. The number of carbonyl (C=O) groups is 3. The Morgan fingerprint density at radius 3 is 2.35 bits per heavy atom. The number of amides is 1. The second-order valence-electron chi connectivity index (χ2n) is 8.56. The van der Waals surface area contributed by atoms with E-state index in [9.17, 15) is 24.6 Å². The van der Waals surface area contributed by atoms with Gasteiger partial charge in [-0.25, -0.2) is 4.79 Å². The third-order valence-corrected chi connectivity index (χ3v) is 6.33. The topological polar surface area (TPSA) is 104 Å². The predicted octanol–water partition coefficient (Wildman–Crippen LogP) is 5.35. The largest absolute Gasteiger partial charge is 0.508 e. The summed E-state index contributed by atoms with van der Waals surface area (Å²) in [5, 5.41) is 23.3. The van der Waals surface area contributed by atoms with Gasteiger partial charge in [-0.1, -0.05) is 54.6 Å². The molecule has 1 saturated heterocycles. The maximum Gasteiger partial charge on any atom is 0.338 e. The fourth-order valence-corrected chi connectivity index (χ4v) is 4.66. The van der Waals surface area contributed by atoms with Gasteiger partial charge in [-0.15, -0.1) is 0 Å². The number of esters is 1. The maximum absolute atomic E-state index is 13.4. The van der Waals surface area contributed by atoms with Gasteiger partial charge in [-0.3, -0.25) is 14.5 Å². The molecule has 1 amide bonds. The van der Waals surface area contributed by atoms with Crippen LogP contribution in [0.2, 0.25) is 0 Å². The molecule has 0 radical (unpaired) electrons. The number of ketones is 1. The number of nitrogens with zero attached hydrogens (tertiary/aromatic N) is 1. The van der Waals surface area contributed by atoms with Gasteiger partial charge in [0.25, 0.3) is 11.7 Å². The van der Waals surface area contributed by atoms with Crippen LogP contribution in [0.15, 0.2) is 96.6 Å². The lowest BCUT2D eigenvalue weighted by molar-refractivity contribution is -0.132. The summed E-state index contributed by atoms with van der Waals surface area (Å²) in [5.74, 6) is -2.55. The van der Waals surface area contributed by atoms with Crippen molar-refractivity contribution < 1.29 is 29.3 Å². The molecule has 0 spiro atoms. The number of aliphatic hydroxyl groups is 1. The van der Waals surface area contributed by atoms with E-state index in [0.29, 0.717) is 22.4 Å². The monoisotopic (exact) mass is 493 g/mol. The summed E-state index contributed by atoms with van der Waals surface area (Å²) in [7, 11) is 0. The molecule has 184 valence electrons. The quantitative estimate of drug-likeness (QED) is 0.168. The molecular weight excluding hydrogens is 470 g/mol. The summed E-state index contributed by atoms with van der Waals surface area (Å²) < 4.78 is 5.03. The Kier molecular flexibility index (Phi) is 6.19. The first kappa shape index (κ1) is 23.8. The SMILES string of the molecule is CCOC(=O)c1ccc(N2C(=O)C(=O)/C(=C(\O)c3cccc4ccccc34)C2c2cccc(O)c2)cc1. The van der Waals surface area contributed by atoms with E-state index in [2.05, 4.69) is 0 Å². The predicted molar refractivity (Wildman–Crippen MR) is 139 cm³/mol. The van der Waals surface area contributed by atoms with Crippen molar-refractivity contribution in [1.29, 1.82) is 0 Å². The van der Waals surface area contributed by atoms with Crippen molar-refractivity contribution in [2.75, 3.05) is 11.5 Å². The van der Waals surface area contributed by atoms with Gasteiger partial charge >= 0.3 is 5.97 Å². The van der Waals surface area contributed by atoms with Gasteiger partial charge in [0.15, 0.2) is 0 Å². The van der Waals surface area contributed by atoms with Crippen LogP contribution in [0.3, 0.4) is 0 Å². The van der Waals surface area contributed by atoms with Gasteiger partial charge in [-0.05, 0) is 59.7 Å². The molecule has 0 saturated carbocycles. The highest BCUT2D eigenvalue weighted by atomic mass is 16.5. The van der Waals surface area contributed by atoms with Crippen LogP contribution in [-0.2, 0) is 14.3 Å². The van der Waals surface area contributed by atoms with Crippen molar-refractivity contribution in [1.82, 2.24) is 0 Å². The van der Waals surface area contributed by atoms with Gasteiger partial charge in [0, 0.05) is 11.3 Å². The minimum atomic E-state index is -1.01. The molecule has 1 fully saturated rings. The van der Waals surface area contributed by atoms with E-state index in [-0.39, 0.29) is 23.7 Å². The number of fused-ring (bicyclic) bond motifs is 1. The average molecular weight is 494 g/mol. The first-order valence-corrected chi connectivity index (χ1v) is 11.8. The zero-order chi connectivity index (χ0) is 26.1. The lowest BCUT2D eigenvalue weighted by Crippen LogP contribution is -2.29. The van der Waals surface area contributed by atoms with E-state index in [0.717, 1.165) is 10.8 Å². The second kappa shape index (κ2) is 9.62. The molecule has 7 nitrogen and oxygen atoms in total. The minimum Gasteiger partial charge on any atom is -0.508 e. The van der Waals surface area contributed by atoms with Crippen LogP contribution in [0.1, 0.15) is 34.5 Å². The summed E-state index contributed by atoms with van der Waals surface area (Å²) in [4.78, 5) is 40.2. The molecule has 37 heavy (non-hydrogen) atoms. The summed E-state index contributed by atoms with van der Waals surface area (Å²) in [6, 6.07) is 24.1. The Balaban J connectivity index is 1.70. The molecule has 7 heteroatoms. The Hall–Kier alpha value is -4.91. The zero-order valence-corrected chi connectivity index (χ0v) is 19.9. The number of phenols is 1. The molecule has 5 rings (SSSR count). The van der Waals surface area contributed by atoms with E-state index in [1.54, 1.807) is 43.3 Å². The zero-order valence-electron chi connectivity index (χ0n) is 19.9. The number of hydrogen-bond acceptors (Lipinski definition) is 6. The molecule has 1 unspecified atom stereocenters. The third kappa shape index (κ3) is 4.21. The van der Waals surface area contributed by atoms with E-state index >= 15 is 0 Å². The van der Waals surface area contributed by atoms with Crippen LogP contribution in [0.4, 0.5) is 5.69 Å². The Labute approximate surface area is 212 Å². The highest BCUT2D eigenvalue weighted by molar-refractivity contribution is 6.51. The van der Waals surface area contributed by atoms with Crippen LogP contribution in [0, 0.1) is 0 Å². The van der Waals surface area contributed by atoms with E-state index in [4.69, 9.17) is 4.74 Å². The van der Waals surface area contributed by atoms with Crippen LogP contribution in [0.5, 0.6) is 5.75 Å². The van der Waals surface area contributed by atoms with Gasteiger partial charge in [0.05, 0.1) is 23.8 Å². The molecule has 0 aliphatic carbocycles. The van der Waals surface area contributed by atoms with Crippen LogP contribution in [0.25, 0.3) is 16.5 Å². The first-order valence-electron chi connectivity index (χ1n) is 11.8. The molecule has 1 heterocycles. The van der Waals surface area contributed by atoms with Crippen molar-refractivity contribution in [3.8, 4) is 5.75 Å². The lowest BCUT2D eigenvalue weighted by atomic mass is 9.93. The van der Waals surface area contributed by atoms with Gasteiger partial charge in [0.2, 0.25) is 0 Å². The number of phenolic OH excluding ortho intramolecular Hbond substituents is 1. The maximum atomic E-state index is 13.4. The van der Waals surface area contributed by atoms with Crippen molar-refractivity contribution in [3.05, 3.63) is 113 Å². The average Bonchev–Trinajstić information content (AvgIpc) is 3.18. The smallest absolute Gasteiger partial charge is 0.338 e. The third-order valence-electron chi connectivity index (χ3n) is 6.33. The molecule has 4 aromatic carbocycles. The molecule has 1 aliphatic rings. The van der Waals surface area contributed by atoms with E-state index in [1.807, 2.05) is 30.3 Å². The molecule has 0 aromatic heterocycles. The van der Waals surface area contributed by atoms with Crippen LogP contribution >= 0.6 is 0 Å². The Bertz CT molecular complexity index is 1570. The highest BCUT2D eigenvalue weighted by Gasteiger charge is 2.47. The number of rotatable bonds is 5. The standard InChI is InChI=1S/C30H23NO6/c1-2-37-30(36)19-13-15-21(16-14-19)31-26(20-9-5-10-22(32)17-20)25(28(34)29(31)35)27(33)24-12-6-8-18-7-3-4-11-23(18)24/h3-17,26,32-33H,2H2,1H3/b27-25-. The van der Waals surface area contributed by atoms with E-state index in [1.165, 1.54) is 29.2 Å². The minimum absolute atomic E-state index is 0.0501. The normalized spacial score (nSPS) is 16.8. The highest BCUT2D eigenvalue weighted by Crippen LogP contribution is 2.43. The van der Waals surface area contributed by atoms with Gasteiger partial charge in [-0.2, -0.15) is 0 Å². The van der Waals surface area contributed by atoms with Crippen LogP contribution < -0.4 is 4.90 Å². The molecule has 0 bridgehead atoms. The molecule has 1 atom stereocenters. The van der Waals surface area contributed by atoms with E-state index < -0.39 is 23.7 Å². The number of aliphatic hydroxyl groups excluding tert-OH is 1.